The molecule has 0 spiro atoms. The molecule has 4 heteroatoms. The molecule has 2 aliphatic rings. The first kappa shape index (κ1) is 24.2. The summed E-state index contributed by atoms with van der Waals surface area (Å²) in [7, 11) is 0. The summed E-state index contributed by atoms with van der Waals surface area (Å²) < 4.78 is 41.8. The molecule has 2 aromatic rings. The summed E-state index contributed by atoms with van der Waals surface area (Å²) in [5.41, 5.74) is 3.51. The van der Waals surface area contributed by atoms with E-state index in [0.717, 1.165) is 28.9 Å². The van der Waals surface area contributed by atoms with Gasteiger partial charge in [-0.05, 0) is 84.6 Å². The summed E-state index contributed by atoms with van der Waals surface area (Å²) in [6, 6.07) is 15.7. The average molecular weight is 459 g/mol. The van der Waals surface area contributed by atoms with Gasteiger partial charge in [0.2, 0.25) is 0 Å². The first-order valence-corrected chi connectivity index (χ1v) is 12.8. The zero-order chi connectivity index (χ0) is 23.3. The predicted octanol–water partition coefficient (Wildman–Crippen LogP) is 9.17. The van der Waals surface area contributed by atoms with Crippen molar-refractivity contribution >= 4 is 0 Å². The number of halogens is 3. The molecule has 180 valence electrons. The quantitative estimate of drug-likeness (QED) is 0.358. The maximum Gasteiger partial charge on any atom is 0.422 e. The van der Waals surface area contributed by atoms with E-state index in [-0.39, 0.29) is 5.75 Å². The van der Waals surface area contributed by atoms with E-state index in [4.69, 9.17) is 4.74 Å². The fourth-order valence-corrected chi connectivity index (χ4v) is 6.09. The molecule has 0 bridgehead atoms. The fraction of sp³-hybridized carbons (Fsp3) is 0.586. The van der Waals surface area contributed by atoms with Crippen molar-refractivity contribution in [1.82, 2.24) is 0 Å². The molecule has 0 amide bonds. The largest absolute Gasteiger partial charge is 0.484 e. The zero-order valence-electron chi connectivity index (χ0n) is 19.7. The van der Waals surface area contributed by atoms with E-state index in [9.17, 15) is 13.2 Å². The number of unbranched alkanes of at least 4 members (excludes halogenated alkanes) is 2. The van der Waals surface area contributed by atoms with Crippen molar-refractivity contribution in [1.29, 1.82) is 0 Å². The van der Waals surface area contributed by atoms with Crippen LogP contribution in [-0.2, 0) is 0 Å². The molecule has 2 saturated carbocycles. The lowest BCUT2D eigenvalue weighted by Gasteiger charge is -2.42. The molecule has 0 radical (unpaired) electrons. The first-order valence-electron chi connectivity index (χ1n) is 12.8. The molecular formula is C29H37F3O. The second kappa shape index (κ2) is 11.0. The number of hydrogen-bond acceptors (Lipinski definition) is 1. The Labute approximate surface area is 196 Å². The van der Waals surface area contributed by atoms with Gasteiger partial charge in [-0.1, -0.05) is 75.4 Å². The summed E-state index contributed by atoms with van der Waals surface area (Å²) in [6.07, 6.45) is 9.56. The van der Waals surface area contributed by atoms with Crippen LogP contribution in [0.15, 0.2) is 48.5 Å². The Kier molecular flexibility index (Phi) is 8.03. The van der Waals surface area contributed by atoms with Crippen molar-refractivity contribution < 1.29 is 17.9 Å². The number of fused-ring (bicyclic) bond motifs is 1. The Bertz CT molecular complexity index is 856. The highest BCUT2D eigenvalue weighted by Crippen LogP contribution is 2.48. The number of ether oxygens (including phenoxy) is 1. The lowest BCUT2D eigenvalue weighted by molar-refractivity contribution is -0.153. The SMILES string of the molecule is CCCCCC1CC[C@@H]2C[C@H](c3ccc(-c4ccc(OCC(F)(F)F)cc4)cc3)CC[C@@H]2C1. The summed E-state index contributed by atoms with van der Waals surface area (Å²) in [5, 5.41) is 0. The minimum Gasteiger partial charge on any atom is -0.484 e. The highest BCUT2D eigenvalue weighted by atomic mass is 19.4. The van der Waals surface area contributed by atoms with Crippen LogP contribution in [0, 0.1) is 17.8 Å². The molecule has 0 N–H and O–H groups in total. The van der Waals surface area contributed by atoms with Gasteiger partial charge in [0.1, 0.15) is 5.75 Å². The Balaban J connectivity index is 1.30. The van der Waals surface area contributed by atoms with Gasteiger partial charge in [0.25, 0.3) is 0 Å². The smallest absolute Gasteiger partial charge is 0.422 e. The van der Waals surface area contributed by atoms with E-state index in [1.165, 1.54) is 69.8 Å². The molecule has 1 nitrogen and oxygen atoms in total. The second-order valence-corrected chi connectivity index (χ2v) is 10.3. The molecule has 0 saturated heterocycles. The molecule has 1 unspecified atom stereocenters. The van der Waals surface area contributed by atoms with E-state index < -0.39 is 12.8 Å². The number of alkyl halides is 3. The van der Waals surface area contributed by atoms with Gasteiger partial charge in [-0.15, -0.1) is 0 Å². The van der Waals surface area contributed by atoms with Crippen LogP contribution in [0.2, 0.25) is 0 Å². The molecule has 2 aliphatic carbocycles. The summed E-state index contributed by atoms with van der Waals surface area (Å²) >= 11 is 0. The van der Waals surface area contributed by atoms with Crippen LogP contribution < -0.4 is 4.74 Å². The van der Waals surface area contributed by atoms with Crippen molar-refractivity contribution in [2.75, 3.05) is 6.61 Å². The Morgan fingerprint density at radius 2 is 1.42 bits per heavy atom. The Morgan fingerprint density at radius 3 is 2.09 bits per heavy atom. The summed E-state index contributed by atoms with van der Waals surface area (Å²) in [4.78, 5) is 0. The first-order chi connectivity index (χ1) is 15.9. The molecular weight excluding hydrogens is 421 g/mol. The van der Waals surface area contributed by atoms with Crippen LogP contribution in [0.1, 0.15) is 82.6 Å². The molecule has 33 heavy (non-hydrogen) atoms. The van der Waals surface area contributed by atoms with Crippen LogP contribution in [-0.4, -0.2) is 12.8 Å². The van der Waals surface area contributed by atoms with Gasteiger partial charge in [0.15, 0.2) is 6.61 Å². The van der Waals surface area contributed by atoms with Crippen molar-refractivity contribution in [2.45, 2.75) is 83.2 Å². The van der Waals surface area contributed by atoms with Gasteiger partial charge < -0.3 is 4.74 Å². The van der Waals surface area contributed by atoms with Crippen molar-refractivity contribution in [2.24, 2.45) is 17.8 Å². The standard InChI is InChI=1S/C29H37F3O/c1-2-3-4-5-21-6-7-27-19-26(13-12-25(27)18-21)24-10-8-22(9-11-24)23-14-16-28(17-15-23)33-20-29(30,31)32/h8-11,14-17,21,25-27H,2-7,12-13,18-20H2,1H3/t21?,25-,26-,27-/m1/s1. The van der Waals surface area contributed by atoms with Crippen molar-refractivity contribution in [3.63, 3.8) is 0 Å². The van der Waals surface area contributed by atoms with E-state index >= 15 is 0 Å². The molecule has 0 aromatic heterocycles. The van der Waals surface area contributed by atoms with Crippen molar-refractivity contribution in [3.8, 4) is 16.9 Å². The molecule has 2 fully saturated rings. The number of hydrogen-bond donors (Lipinski definition) is 0. The van der Waals surface area contributed by atoms with E-state index in [0.29, 0.717) is 5.92 Å². The van der Waals surface area contributed by atoms with Crippen LogP contribution in [0.5, 0.6) is 5.75 Å². The number of rotatable bonds is 8. The van der Waals surface area contributed by atoms with Crippen molar-refractivity contribution in [3.05, 3.63) is 54.1 Å². The van der Waals surface area contributed by atoms with Crippen LogP contribution in [0.4, 0.5) is 13.2 Å². The second-order valence-electron chi connectivity index (χ2n) is 10.3. The minimum absolute atomic E-state index is 0.240. The number of benzene rings is 2. The third kappa shape index (κ3) is 6.77. The highest BCUT2D eigenvalue weighted by molar-refractivity contribution is 5.64. The molecule has 4 atom stereocenters. The monoisotopic (exact) mass is 458 g/mol. The van der Waals surface area contributed by atoms with Gasteiger partial charge in [0, 0.05) is 0 Å². The highest BCUT2D eigenvalue weighted by Gasteiger charge is 2.35. The summed E-state index contributed by atoms with van der Waals surface area (Å²) in [5.74, 6) is 3.72. The molecule has 0 aliphatic heterocycles. The zero-order valence-corrected chi connectivity index (χ0v) is 19.7. The molecule has 0 heterocycles. The van der Waals surface area contributed by atoms with Crippen LogP contribution in [0.25, 0.3) is 11.1 Å². The lowest BCUT2D eigenvalue weighted by Crippen LogP contribution is -2.30. The predicted molar refractivity (Wildman–Crippen MR) is 128 cm³/mol. The van der Waals surface area contributed by atoms with Gasteiger partial charge in [-0.25, -0.2) is 0 Å². The maximum atomic E-state index is 12.3. The van der Waals surface area contributed by atoms with Crippen LogP contribution in [0.3, 0.4) is 0 Å². The van der Waals surface area contributed by atoms with Gasteiger partial charge in [0.05, 0.1) is 0 Å². The Hall–Kier alpha value is -1.97. The molecule has 2 aromatic carbocycles. The third-order valence-corrected chi connectivity index (χ3v) is 7.91. The maximum absolute atomic E-state index is 12.3. The summed E-state index contributed by atoms with van der Waals surface area (Å²) in [6.45, 7) is 1.03. The van der Waals surface area contributed by atoms with Gasteiger partial charge in [-0.3, -0.25) is 0 Å². The third-order valence-electron chi connectivity index (χ3n) is 7.91. The van der Waals surface area contributed by atoms with E-state index in [1.54, 1.807) is 12.1 Å². The fourth-order valence-electron chi connectivity index (χ4n) is 6.09. The van der Waals surface area contributed by atoms with Gasteiger partial charge in [-0.2, -0.15) is 13.2 Å². The van der Waals surface area contributed by atoms with E-state index in [2.05, 4.69) is 31.2 Å². The topological polar surface area (TPSA) is 9.23 Å². The normalized spacial score (nSPS) is 25.5. The van der Waals surface area contributed by atoms with E-state index in [1.807, 2.05) is 12.1 Å². The van der Waals surface area contributed by atoms with Crippen LogP contribution >= 0.6 is 0 Å². The van der Waals surface area contributed by atoms with Gasteiger partial charge >= 0.3 is 6.18 Å². The molecule has 4 rings (SSSR count). The Morgan fingerprint density at radius 1 is 0.788 bits per heavy atom. The average Bonchev–Trinajstić information content (AvgIpc) is 2.82. The minimum atomic E-state index is -4.32. The lowest BCUT2D eigenvalue weighted by atomic mass is 9.63.